The van der Waals surface area contributed by atoms with Crippen LogP contribution in [0.5, 0.6) is 5.75 Å². The highest BCUT2D eigenvalue weighted by atomic mass is 19.4. The van der Waals surface area contributed by atoms with Crippen LogP contribution in [0.4, 0.5) is 23.7 Å². The molecule has 0 aromatic heterocycles. The maximum Gasteiger partial charge on any atom is 0.573 e. The van der Waals surface area contributed by atoms with Gasteiger partial charge in [0, 0.05) is 36.8 Å². The summed E-state index contributed by atoms with van der Waals surface area (Å²) in [6, 6.07) is 11.9. The normalized spacial score (nSPS) is 23.9. The van der Waals surface area contributed by atoms with E-state index < -0.39 is 17.9 Å². The molecule has 3 amide bonds. The summed E-state index contributed by atoms with van der Waals surface area (Å²) < 4.78 is 41.9. The highest BCUT2D eigenvalue weighted by Gasteiger charge is 2.58. The number of anilines is 1. The van der Waals surface area contributed by atoms with Gasteiger partial charge in [0.2, 0.25) is 0 Å². The van der Waals surface area contributed by atoms with Gasteiger partial charge >= 0.3 is 18.4 Å². The Morgan fingerprint density at radius 3 is 2.45 bits per heavy atom. The van der Waals surface area contributed by atoms with Crippen LogP contribution in [0.15, 0.2) is 60.7 Å². The number of hydrogen-bond acceptors (Lipinski definition) is 4. The third-order valence-corrected chi connectivity index (χ3v) is 7.40. The molecule has 2 aromatic carbocycles. The molecule has 5 rings (SSSR count). The summed E-state index contributed by atoms with van der Waals surface area (Å²) in [5.41, 5.74) is 1.18. The molecule has 3 unspecified atom stereocenters. The number of hydrogen-bond donors (Lipinski definition) is 2. The lowest BCUT2D eigenvalue weighted by Crippen LogP contribution is -2.64. The van der Waals surface area contributed by atoms with Crippen LogP contribution in [0.25, 0.3) is 0 Å². The predicted molar refractivity (Wildman–Crippen MR) is 131 cm³/mol. The van der Waals surface area contributed by atoms with Crippen molar-refractivity contribution in [1.82, 2.24) is 10.2 Å². The van der Waals surface area contributed by atoms with E-state index in [1.54, 1.807) is 34.1 Å². The minimum Gasteiger partial charge on any atom is -0.481 e. The molecule has 1 saturated heterocycles. The molecular weight excluding hydrogens is 503 g/mol. The van der Waals surface area contributed by atoms with Crippen LogP contribution >= 0.6 is 0 Å². The van der Waals surface area contributed by atoms with Crippen LogP contribution in [0.1, 0.15) is 35.2 Å². The summed E-state index contributed by atoms with van der Waals surface area (Å²) in [4.78, 5) is 40.1. The van der Waals surface area contributed by atoms with E-state index in [0.29, 0.717) is 30.3 Å². The Hall–Kier alpha value is -4.02. The largest absolute Gasteiger partial charge is 0.573 e. The summed E-state index contributed by atoms with van der Waals surface area (Å²) in [6.45, 7) is 0.866. The fraction of sp³-hybridized carbons (Fsp3) is 0.370. The molecule has 2 aliphatic carbocycles. The van der Waals surface area contributed by atoms with Crippen LogP contribution in [0.3, 0.4) is 0 Å². The molecule has 1 heterocycles. The third-order valence-electron chi connectivity index (χ3n) is 7.40. The molecule has 1 spiro atoms. The van der Waals surface area contributed by atoms with Crippen molar-refractivity contribution < 1.29 is 37.4 Å². The van der Waals surface area contributed by atoms with Gasteiger partial charge in [-0.15, -0.1) is 13.2 Å². The first-order valence-electron chi connectivity index (χ1n) is 12.3. The van der Waals surface area contributed by atoms with Crippen molar-refractivity contribution >= 4 is 23.6 Å². The van der Waals surface area contributed by atoms with E-state index in [4.69, 9.17) is 5.11 Å². The molecule has 2 bridgehead atoms. The number of halogens is 3. The number of carboxylic acid groups (broad SMARTS) is 1. The number of nitrogens with one attached hydrogen (secondary N) is 1. The summed E-state index contributed by atoms with van der Waals surface area (Å²) >= 11 is 0. The molecule has 2 aromatic rings. The van der Waals surface area contributed by atoms with E-state index in [0.717, 1.165) is 18.4 Å². The predicted octanol–water partition coefficient (Wildman–Crippen LogP) is 4.57. The number of nitrogens with zero attached hydrogens (tertiary/aromatic N) is 2. The van der Waals surface area contributed by atoms with Gasteiger partial charge in [-0.3, -0.25) is 14.5 Å². The Balaban J connectivity index is 1.33. The number of carbonyl (C=O) groups is 3. The van der Waals surface area contributed by atoms with Crippen molar-refractivity contribution in [1.29, 1.82) is 0 Å². The Bertz CT molecular complexity index is 1260. The third kappa shape index (κ3) is 5.05. The lowest BCUT2D eigenvalue weighted by atomic mass is 9.82. The lowest BCUT2D eigenvalue weighted by Gasteiger charge is -2.50. The zero-order valence-electron chi connectivity index (χ0n) is 20.3. The van der Waals surface area contributed by atoms with Gasteiger partial charge in [-0.1, -0.05) is 24.3 Å². The molecule has 8 nitrogen and oxygen atoms in total. The SMILES string of the molecule is O=C(O)CCNC(=O)c1ccc(CN2CC3CC4C=CC3(C4)N(c3ccc(OC(F)(F)F)cc3)C2=O)cc1. The first kappa shape index (κ1) is 25.6. The number of carboxylic acids is 1. The fourth-order valence-electron chi connectivity index (χ4n) is 5.78. The van der Waals surface area contributed by atoms with Crippen molar-refractivity contribution in [2.45, 2.75) is 37.7 Å². The van der Waals surface area contributed by atoms with Gasteiger partial charge in [-0.25, -0.2) is 4.79 Å². The van der Waals surface area contributed by atoms with Gasteiger partial charge in [-0.05, 0) is 60.7 Å². The second kappa shape index (κ2) is 9.70. The second-order valence-corrected chi connectivity index (χ2v) is 9.88. The maximum atomic E-state index is 13.8. The number of allylic oxidation sites excluding steroid dienone is 1. The van der Waals surface area contributed by atoms with E-state index >= 15 is 0 Å². The number of benzene rings is 2. The van der Waals surface area contributed by atoms with E-state index in [1.807, 2.05) is 0 Å². The number of carbonyl (C=O) groups excluding carboxylic acids is 2. The Kier molecular flexibility index (Phi) is 6.54. The number of urea groups is 1. The van der Waals surface area contributed by atoms with Crippen molar-refractivity contribution in [3.05, 3.63) is 71.8 Å². The number of alkyl halides is 3. The fourth-order valence-corrected chi connectivity index (χ4v) is 5.78. The molecular formula is C27H26F3N3O5. The molecule has 38 heavy (non-hydrogen) atoms. The average molecular weight is 530 g/mol. The molecule has 2 N–H and O–H groups in total. The number of ether oxygens (including phenoxy) is 1. The van der Waals surface area contributed by atoms with Crippen LogP contribution < -0.4 is 15.0 Å². The number of fused-ring (bicyclic) bond motifs is 1. The first-order valence-corrected chi connectivity index (χ1v) is 12.3. The standard InChI is InChI=1S/C27H26F3N3O5/c28-27(29,30)38-22-7-5-21(6-8-22)33-25(37)32(16-20-13-18-9-11-26(20,33)14-18)15-17-1-3-19(4-2-17)24(36)31-12-10-23(34)35/h1-9,11,18,20H,10,12-16H2,(H,31,36)(H,34,35). The number of rotatable bonds is 8. The van der Waals surface area contributed by atoms with Gasteiger partial charge in [0.05, 0.1) is 12.0 Å². The average Bonchev–Trinajstić information content (AvgIpc) is 3.42. The van der Waals surface area contributed by atoms with Crippen LogP contribution in [-0.4, -0.2) is 52.9 Å². The molecule has 1 saturated carbocycles. The van der Waals surface area contributed by atoms with Crippen molar-refractivity contribution in [2.24, 2.45) is 11.8 Å². The zero-order valence-corrected chi connectivity index (χ0v) is 20.3. The molecule has 0 radical (unpaired) electrons. The highest BCUT2D eigenvalue weighted by molar-refractivity contribution is 5.96. The Morgan fingerprint density at radius 2 is 1.82 bits per heavy atom. The van der Waals surface area contributed by atoms with Crippen molar-refractivity contribution in [2.75, 3.05) is 18.0 Å². The lowest BCUT2D eigenvalue weighted by molar-refractivity contribution is -0.274. The first-order chi connectivity index (χ1) is 18.0. The van der Waals surface area contributed by atoms with Gasteiger partial charge in [0.15, 0.2) is 0 Å². The van der Waals surface area contributed by atoms with Crippen LogP contribution in [0.2, 0.25) is 0 Å². The van der Waals surface area contributed by atoms with Gasteiger partial charge in [0.25, 0.3) is 5.91 Å². The molecule has 11 heteroatoms. The summed E-state index contributed by atoms with van der Waals surface area (Å²) in [5.74, 6) is -1.22. The summed E-state index contributed by atoms with van der Waals surface area (Å²) in [7, 11) is 0. The van der Waals surface area contributed by atoms with Crippen LogP contribution in [0, 0.1) is 11.8 Å². The number of aliphatic carboxylic acids is 1. The monoisotopic (exact) mass is 529 g/mol. The Labute approximate surface area is 216 Å². The molecule has 200 valence electrons. The van der Waals surface area contributed by atoms with Gasteiger partial charge < -0.3 is 20.1 Å². The minimum absolute atomic E-state index is 0.0237. The van der Waals surface area contributed by atoms with E-state index in [-0.39, 0.29) is 36.6 Å². The minimum atomic E-state index is -4.80. The second-order valence-electron chi connectivity index (χ2n) is 9.88. The molecule has 2 fully saturated rings. The molecule has 3 atom stereocenters. The van der Waals surface area contributed by atoms with E-state index in [2.05, 4.69) is 22.2 Å². The summed E-state index contributed by atoms with van der Waals surface area (Å²) in [6.07, 6.45) is 0.913. The van der Waals surface area contributed by atoms with Gasteiger partial charge in [0.1, 0.15) is 5.75 Å². The highest BCUT2D eigenvalue weighted by Crippen LogP contribution is 2.54. The van der Waals surface area contributed by atoms with E-state index in [9.17, 15) is 27.6 Å². The topological polar surface area (TPSA) is 99.2 Å². The number of amides is 3. The molecule has 1 aliphatic heterocycles. The zero-order chi connectivity index (χ0) is 27.1. The van der Waals surface area contributed by atoms with Crippen molar-refractivity contribution in [3.8, 4) is 5.75 Å². The summed E-state index contributed by atoms with van der Waals surface area (Å²) in [5, 5.41) is 11.3. The van der Waals surface area contributed by atoms with Crippen LogP contribution in [-0.2, 0) is 11.3 Å². The molecule has 3 aliphatic rings. The quantitative estimate of drug-likeness (QED) is 0.489. The Morgan fingerprint density at radius 1 is 1.11 bits per heavy atom. The van der Waals surface area contributed by atoms with E-state index in [1.165, 1.54) is 24.3 Å². The smallest absolute Gasteiger partial charge is 0.481 e. The maximum absolute atomic E-state index is 13.8. The van der Waals surface area contributed by atoms with Gasteiger partial charge in [-0.2, -0.15) is 0 Å². The van der Waals surface area contributed by atoms with Crippen molar-refractivity contribution in [3.63, 3.8) is 0 Å².